The van der Waals surface area contributed by atoms with E-state index in [4.69, 9.17) is 0 Å². The molecule has 1 aromatic carbocycles. The Bertz CT molecular complexity index is 1290. The molecule has 17 heteroatoms. The van der Waals surface area contributed by atoms with Gasteiger partial charge in [-0.25, -0.2) is 4.79 Å². The molecule has 15 nitrogen and oxygen atoms in total. The normalized spacial score (nSPS) is 25.3. The molecule has 4 atom stereocenters. The number of aliphatic carboxylic acids is 1. The number of carboxylic acid groups (broad SMARTS) is 1. The molecule has 3 aliphatic heterocycles. The van der Waals surface area contributed by atoms with Crippen molar-refractivity contribution in [3.8, 4) is 5.75 Å². The van der Waals surface area contributed by atoms with Gasteiger partial charge < -0.3 is 35.9 Å². The van der Waals surface area contributed by atoms with Crippen LogP contribution in [0.25, 0.3) is 0 Å². The molecule has 0 radical (unpaired) electrons. The Morgan fingerprint density at radius 2 is 1.78 bits per heavy atom. The molecule has 7 amide bonds. The predicted molar refractivity (Wildman–Crippen MR) is 135 cm³/mol. The van der Waals surface area contributed by atoms with Crippen LogP contribution in [0.15, 0.2) is 24.3 Å². The maximum absolute atomic E-state index is 13.8. The van der Waals surface area contributed by atoms with E-state index < -0.39 is 63.5 Å². The summed E-state index contributed by atoms with van der Waals surface area (Å²) in [6, 6.07) is 1.32. The van der Waals surface area contributed by atoms with E-state index in [9.17, 15) is 43.8 Å². The molecule has 1 aromatic rings. The number of nitrogens with zero attached hydrogens (tertiary/aromatic N) is 3. The number of carbonyl (C=O) groups is 7. The maximum Gasteiger partial charge on any atom is 1.00 e. The van der Waals surface area contributed by atoms with Gasteiger partial charge in [-0.1, -0.05) is 12.1 Å². The topological polar surface area (TPSA) is 209 Å². The van der Waals surface area contributed by atoms with Gasteiger partial charge in [-0.2, -0.15) is 0 Å². The molecule has 4 N–H and O–H groups in total. The van der Waals surface area contributed by atoms with Crippen molar-refractivity contribution in [2.24, 2.45) is 0 Å². The number of phenolic OH excluding ortho intramolecular Hbond substituents is 1. The Morgan fingerprint density at radius 1 is 1.15 bits per heavy atom. The summed E-state index contributed by atoms with van der Waals surface area (Å²) >= 11 is 1.03. The number of fused-ring (bicyclic) bond motifs is 1. The minimum atomic E-state index is -2.39. The number of rotatable bonds is 8. The Morgan fingerprint density at radius 3 is 2.34 bits per heavy atom. The van der Waals surface area contributed by atoms with Crippen molar-refractivity contribution in [1.29, 1.82) is 0 Å². The van der Waals surface area contributed by atoms with Crippen molar-refractivity contribution in [3.05, 3.63) is 29.8 Å². The maximum atomic E-state index is 13.8. The number of β-lactam (4-membered cyclic amide) rings is 1. The van der Waals surface area contributed by atoms with E-state index in [1.54, 1.807) is 6.92 Å². The number of likely N-dealkylation sites (N-methyl/N-ethyl adjacent to an activating group) is 1. The van der Waals surface area contributed by atoms with Crippen molar-refractivity contribution in [3.63, 3.8) is 0 Å². The van der Waals surface area contributed by atoms with Gasteiger partial charge in [0.25, 0.3) is 5.91 Å². The fourth-order valence-electron chi connectivity index (χ4n) is 5.04. The number of hydrogen-bond acceptors (Lipinski definition) is 10. The zero-order valence-electron chi connectivity index (χ0n) is 22.7. The number of urea groups is 1. The number of benzene rings is 1. The van der Waals surface area contributed by atoms with Crippen LogP contribution in [0.3, 0.4) is 0 Å². The molecule has 0 saturated carbocycles. The van der Waals surface area contributed by atoms with Gasteiger partial charge in [-0.15, -0.1) is 11.8 Å². The second-order valence-electron chi connectivity index (χ2n) is 9.79. The number of phenols is 1. The number of thioether (sulfide) groups is 1. The first-order valence-electron chi connectivity index (χ1n) is 12.2. The standard InChI is InChI=1S/C24H28N6O9S.Na/c1-4-28-9-10-29(19(36)18(28)35)22(39)26-14(12-5-7-13(32)8-6-12)16(33)27-24(21(37)38)23(2,3)40-20-15(25-11-31)17(34)30(20)24;/h5-8,11,14-15,20,32H,4,9-10H2,1-3H3,(H,25,31)(H,26,39)(H,27,33)(H,37,38);/q;+1/p-1/t14?,15-,20-,24+;/m1./s1. The van der Waals surface area contributed by atoms with Crippen LogP contribution in [-0.2, 0) is 28.8 Å². The van der Waals surface area contributed by atoms with E-state index in [1.165, 1.54) is 43.0 Å². The number of amides is 7. The van der Waals surface area contributed by atoms with Gasteiger partial charge >= 0.3 is 47.4 Å². The number of hydrogen-bond donors (Lipinski definition) is 4. The van der Waals surface area contributed by atoms with E-state index in [2.05, 4.69) is 16.0 Å². The minimum Gasteiger partial charge on any atom is -0.545 e. The van der Waals surface area contributed by atoms with E-state index in [0.717, 1.165) is 16.7 Å². The third-order valence-corrected chi connectivity index (χ3v) is 8.84. The van der Waals surface area contributed by atoms with Crippen LogP contribution in [0.5, 0.6) is 5.75 Å². The zero-order valence-corrected chi connectivity index (χ0v) is 25.5. The first kappa shape index (κ1) is 32.2. The summed E-state index contributed by atoms with van der Waals surface area (Å²) in [5, 5.41) is 28.6. The van der Waals surface area contributed by atoms with Gasteiger partial charge in [-0.3, -0.25) is 33.8 Å². The fourth-order valence-corrected chi connectivity index (χ4v) is 6.75. The first-order chi connectivity index (χ1) is 18.8. The molecular formula is C24H27N6NaO9S. The van der Waals surface area contributed by atoms with Crippen LogP contribution >= 0.6 is 11.8 Å². The molecule has 3 saturated heterocycles. The second kappa shape index (κ2) is 11.9. The van der Waals surface area contributed by atoms with Gasteiger partial charge in [-0.05, 0) is 38.5 Å². The van der Waals surface area contributed by atoms with Crippen LogP contribution in [0.4, 0.5) is 4.79 Å². The van der Waals surface area contributed by atoms with E-state index in [0.29, 0.717) is 11.3 Å². The summed E-state index contributed by atoms with van der Waals surface area (Å²) in [4.78, 5) is 91.0. The minimum absolute atomic E-state index is 0. The Labute approximate surface area is 260 Å². The van der Waals surface area contributed by atoms with E-state index in [1.807, 2.05) is 0 Å². The first-order valence-corrected chi connectivity index (χ1v) is 13.1. The number of nitrogens with one attached hydrogen (secondary N) is 3. The van der Waals surface area contributed by atoms with Gasteiger partial charge in [0.1, 0.15) is 23.2 Å². The molecule has 3 fully saturated rings. The second-order valence-corrected chi connectivity index (χ2v) is 11.5. The van der Waals surface area contributed by atoms with E-state index >= 15 is 0 Å². The quantitative estimate of drug-likeness (QED) is 0.0964. The van der Waals surface area contributed by atoms with Crippen molar-refractivity contribution >= 4 is 53.8 Å². The average molecular weight is 599 g/mol. The van der Waals surface area contributed by atoms with Gasteiger partial charge in [0.15, 0.2) is 5.66 Å². The summed E-state index contributed by atoms with van der Waals surface area (Å²) in [6.07, 6.45) is 0.313. The summed E-state index contributed by atoms with van der Waals surface area (Å²) in [5.74, 6) is -5.79. The van der Waals surface area contributed by atoms with Gasteiger partial charge in [0, 0.05) is 19.6 Å². The van der Waals surface area contributed by atoms with Gasteiger partial charge in [0.05, 0.1) is 10.7 Å². The molecule has 214 valence electrons. The number of aromatic hydroxyl groups is 1. The molecule has 3 heterocycles. The Hall–Kier alpha value is -3.34. The van der Waals surface area contributed by atoms with Crippen LogP contribution < -0.4 is 50.6 Å². The largest absolute Gasteiger partial charge is 1.00 e. The third kappa shape index (κ3) is 5.24. The van der Waals surface area contributed by atoms with Crippen LogP contribution in [0.1, 0.15) is 32.4 Å². The number of imide groups is 1. The van der Waals surface area contributed by atoms with Gasteiger partial charge in [0.2, 0.25) is 12.3 Å². The number of carbonyl (C=O) groups excluding carboxylic acids is 7. The fraction of sp³-hybridized carbons (Fsp3) is 0.458. The molecule has 3 aliphatic rings. The molecule has 41 heavy (non-hydrogen) atoms. The zero-order chi connectivity index (χ0) is 29.6. The molecule has 4 rings (SSSR count). The molecular weight excluding hydrogens is 571 g/mol. The molecule has 0 bridgehead atoms. The molecule has 0 aromatic heterocycles. The third-order valence-electron chi connectivity index (χ3n) is 7.23. The smallest absolute Gasteiger partial charge is 0.545 e. The summed E-state index contributed by atoms with van der Waals surface area (Å²) in [7, 11) is 0. The monoisotopic (exact) mass is 598 g/mol. The molecule has 0 aliphatic carbocycles. The SMILES string of the molecule is CCN1CCN(C(=O)NC(C(=O)N[C@@]2(C(=O)[O-])N3C(=O)[C@@H](NC=O)[C@H]3SC2(C)C)c2ccc(O)cc2)C(=O)C1=O.[Na+]. The Kier molecular flexibility index (Phi) is 9.32. The summed E-state index contributed by atoms with van der Waals surface area (Å²) in [5.41, 5.74) is -2.30. The molecule has 1 unspecified atom stereocenters. The van der Waals surface area contributed by atoms with E-state index in [-0.39, 0.29) is 60.5 Å². The van der Waals surface area contributed by atoms with Crippen LogP contribution in [-0.4, -0.2) is 103 Å². The summed E-state index contributed by atoms with van der Waals surface area (Å²) in [6.45, 7) is 4.82. The molecule has 0 spiro atoms. The Balaban J connectivity index is 0.00000462. The number of carboxylic acids is 1. The van der Waals surface area contributed by atoms with Crippen LogP contribution in [0, 0.1) is 0 Å². The number of piperazine rings is 1. The van der Waals surface area contributed by atoms with Crippen LogP contribution in [0.2, 0.25) is 0 Å². The van der Waals surface area contributed by atoms with Crippen molar-refractivity contribution < 1.29 is 73.3 Å². The average Bonchev–Trinajstić information content (AvgIpc) is 3.12. The predicted octanol–water partition coefficient (Wildman–Crippen LogP) is -5.79. The summed E-state index contributed by atoms with van der Waals surface area (Å²) < 4.78 is -1.37. The van der Waals surface area contributed by atoms with Crippen molar-refractivity contribution in [1.82, 2.24) is 30.7 Å². The van der Waals surface area contributed by atoms with Crippen molar-refractivity contribution in [2.75, 3.05) is 19.6 Å². The van der Waals surface area contributed by atoms with Crippen molar-refractivity contribution in [2.45, 2.75) is 48.6 Å².